The highest BCUT2D eigenvalue weighted by Gasteiger charge is 2.30. The second kappa shape index (κ2) is 8.83. The third-order valence-corrected chi connectivity index (χ3v) is 4.68. The summed E-state index contributed by atoms with van der Waals surface area (Å²) in [6, 6.07) is 16.3. The first-order chi connectivity index (χ1) is 12.6. The molecule has 0 radical (unpaired) electrons. The predicted molar refractivity (Wildman–Crippen MR) is 104 cm³/mol. The number of anilines is 2. The number of hydrogen-bond donors (Lipinski definition) is 2. The number of halogens is 1. The first-order valence-electron chi connectivity index (χ1n) is 8.77. The van der Waals surface area contributed by atoms with E-state index in [4.69, 9.17) is 11.6 Å². The Morgan fingerprint density at radius 1 is 1.04 bits per heavy atom. The summed E-state index contributed by atoms with van der Waals surface area (Å²) >= 11 is 5.93. The number of carbonyl (C=O) groups excluding carboxylic acids is 2. The van der Waals surface area contributed by atoms with Crippen molar-refractivity contribution in [3.05, 3.63) is 59.6 Å². The Kier molecular flexibility index (Phi) is 6.26. The van der Waals surface area contributed by atoms with Crippen molar-refractivity contribution in [3.8, 4) is 0 Å². The van der Waals surface area contributed by atoms with Crippen molar-refractivity contribution in [2.45, 2.75) is 25.3 Å². The minimum atomic E-state index is -0.186. The van der Waals surface area contributed by atoms with Crippen molar-refractivity contribution in [1.29, 1.82) is 0 Å². The molecule has 1 saturated heterocycles. The number of para-hydroxylation sites is 1. The van der Waals surface area contributed by atoms with Crippen LogP contribution in [0, 0.1) is 0 Å². The molecule has 6 heteroatoms. The first kappa shape index (κ1) is 18.4. The van der Waals surface area contributed by atoms with E-state index >= 15 is 0 Å². The number of rotatable bonds is 6. The molecule has 2 aromatic carbocycles. The van der Waals surface area contributed by atoms with Crippen molar-refractivity contribution in [2.24, 2.45) is 0 Å². The summed E-state index contributed by atoms with van der Waals surface area (Å²) in [5, 5.41) is 6.38. The molecular weight excluding hydrogens is 350 g/mol. The lowest BCUT2D eigenvalue weighted by Crippen LogP contribution is -2.40. The Labute approximate surface area is 158 Å². The van der Waals surface area contributed by atoms with Crippen LogP contribution in [0.25, 0.3) is 0 Å². The lowest BCUT2D eigenvalue weighted by molar-refractivity contribution is -0.121. The number of nitrogens with one attached hydrogen (secondary N) is 2. The highest BCUT2D eigenvalue weighted by Crippen LogP contribution is 2.20. The summed E-state index contributed by atoms with van der Waals surface area (Å²) < 4.78 is 0. The van der Waals surface area contributed by atoms with Crippen LogP contribution in [-0.4, -0.2) is 35.8 Å². The number of likely N-dealkylation sites (tertiary alicyclic amines) is 1. The fourth-order valence-electron chi connectivity index (χ4n) is 3.17. The van der Waals surface area contributed by atoms with E-state index in [0.717, 1.165) is 25.1 Å². The Balaban J connectivity index is 1.50. The van der Waals surface area contributed by atoms with Gasteiger partial charge in [0, 0.05) is 29.4 Å². The van der Waals surface area contributed by atoms with Crippen LogP contribution in [-0.2, 0) is 9.59 Å². The van der Waals surface area contributed by atoms with E-state index < -0.39 is 0 Å². The second-order valence-corrected chi connectivity index (χ2v) is 6.79. The van der Waals surface area contributed by atoms with Crippen LogP contribution >= 0.6 is 11.6 Å². The van der Waals surface area contributed by atoms with Crippen LogP contribution in [0.5, 0.6) is 0 Å². The molecule has 26 heavy (non-hydrogen) atoms. The first-order valence-corrected chi connectivity index (χ1v) is 9.15. The van der Waals surface area contributed by atoms with Gasteiger partial charge in [0.25, 0.3) is 0 Å². The molecule has 1 heterocycles. The summed E-state index contributed by atoms with van der Waals surface area (Å²) in [5.74, 6) is -0.0923. The van der Waals surface area contributed by atoms with Gasteiger partial charge in [0.05, 0.1) is 6.04 Å². The van der Waals surface area contributed by atoms with E-state index in [1.54, 1.807) is 24.3 Å². The van der Waals surface area contributed by atoms with Gasteiger partial charge in [-0.1, -0.05) is 35.9 Å². The fraction of sp³-hybridized carbons (Fsp3) is 0.300. The molecule has 2 aromatic rings. The molecule has 2 N–H and O–H groups in total. The maximum atomic E-state index is 12.5. The van der Waals surface area contributed by atoms with Crippen LogP contribution in [0.1, 0.15) is 19.3 Å². The van der Waals surface area contributed by atoms with Gasteiger partial charge >= 0.3 is 0 Å². The Bertz CT molecular complexity index is 767. The van der Waals surface area contributed by atoms with Crippen LogP contribution in [0.2, 0.25) is 5.02 Å². The highest BCUT2D eigenvalue weighted by molar-refractivity contribution is 6.30. The fourth-order valence-corrected chi connectivity index (χ4v) is 3.36. The van der Waals surface area contributed by atoms with Gasteiger partial charge in [-0.2, -0.15) is 0 Å². The molecule has 136 valence electrons. The molecule has 0 spiro atoms. The summed E-state index contributed by atoms with van der Waals surface area (Å²) in [7, 11) is 0. The molecule has 1 fully saturated rings. The maximum Gasteiger partial charge on any atom is 0.241 e. The minimum Gasteiger partial charge on any atom is -0.326 e. The third kappa shape index (κ3) is 5.07. The molecule has 0 unspecified atom stereocenters. The standard InChI is InChI=1S/C20H22ClN3O2/c21-15-6-4-9-17(14-15)22-19(25)11-13-24-12-5-10-18(24)20(26)23-16-7-2-1-3-8-16/h1-4,6-9,14,18H,5,10-13H2,(H,22,25)(H,23,26)/t18-/m1/s1. The van der Waals surface area contributed by atoms with E-state index in [0.29, 0.717) is 23.7 Å². The van der Waals surface area contributed by atoms with Crippen LogP contribution < -0.4 is 10.6 Å². The second-order valence-electron chi connectivity index (χ2n) is 6.36. The smallest absolute Gasteiger partial charge is 0.241 e. The van der Waals surface area contributed by atoms with Crippen molar-refractivity contribution in [3.63, 3.8) is 0 Å². The molecule has 1 atom stereocenters. The van der Waals surface area contributed by atoms with Crippen molar-refractivity contribution in [2.75, 3.05) is 23.7 Å². The highest BCUT2D eigenvalue weighted by atomic mass is 35.5. The molecular formula is C20H22ClN3O2. The molecule has 0 bridgehead atoms. The zero-order chi connectivity index (χ0) is 18.4. The largest absolute Gasteiger partial charge is 0.326 e. The van der Waals surface area contributed by atoms with E-state index in [-0.39, 0.29) is 17.9 Å². The van der Waals surface area contributed by atoms with Gasteiger partial charge in [-0.3, -0.25) is 14.5 Å². The number of carbonyl (C=O) groups is 2. The topological polar surface area (TPSA) is 61.4 Å². The monoisotopic (exact) mass is 371 g/mol. The molecule has 3 rings (SSSR count). The molecule has 2 amide bonds. The van der Waals surface area contributed by atoms with Crippen LogP contribution in [0.15, 0.2) is 54.6 Å². The lowest BCUT2D eigenvalue weighted by Gasteiger charge is -2.23. The van der Waals surface area contributed by atoms with E-state index in [1.807, 2.05) is 30.3 Å². The average molecular weight is 372 g/mol. The van der Waals surface area contributed by atoms with Crippen LogP contribution in [0.3, 0.4) is 0 Å². The molecule has 1 aliphatic rings. The number of hydrogen-bond acceptors (Lipinski definition) is 3. The van der Waals surface area contributed by atoms with Gasteiger partial charge in [0.15, 0.2) is 0 Å². The zero-order valence-corrected chi connectivity index (χ0v) is 15.2. The molecule has 5 nitrogen and oxygen atoms in total. The van der Waals surface area contributed by atoms with E-state index in [9.17, 15) is 9.59 Å². The van der Waals surface area contributed by atoms with E-state index in [1.165, 1.54) is 0 Å². The normalized spacial score (nSPS) is 17.0. The van der Waals surface area contributed by atoms with Gasteiger partial charge < -0.3 is 10.6 Å². The van der Waals surface area contributed by atoms with Gasteiger partial charge in [-0.05, 0) is 49.7 Å². The van der Waals surface area contributed by atoms with Crippen molar-refractivity contribution in [1.82, 2.24) is 4.90 Å². The quantitative estimate of drug-likeness (QED) is 0.812. The number of amides is 2. The molecule has 0 aromatic heterocycles. The molecule has 0 aliphatic carbocycles. The predicted octanol–water partition coefficient (Wildman–Crippen LogP) is 3.77. The summed E-state index contributed by atoms with van der Waals surface area (Å²) in [5.41, 5.74) is 1.48. The number of benzene rings is 2. The third-order valence-electron chi connectivity index (χ3n) is 4.44. The molecule has 1 aliphatic heterocycles. The minimum absolute atomic E-state index is 0.0102. The van der Waals surface area contributed by atoms with Gasteiger partial charge in [-0.15, -0.1) is 0 Å². The Morgan fingerprint density at radius 2 is 1.81 bits per heavy atom. The Hall–Kier alpha value is -2.37. The summed E-state index contributed by atoms with van der Waals surface area (Å²) in [6.07, 6.45) is 2.11. The van der Waals surface area contributed by atoms with Crippen molar-refractivity contribution >= 4 is 34.8 Å². The summed E-state index contributed by atoms with van der Waals surface area (Å²) in [6.45, 7) is 1.39. The van der Waals surface area contributed by atoms with Gasteiger partial charge in [0.1, 0.15) is 0 Å². The van der Waals surface area contributed by atoms with Crippen molar-refractivity contribution < 1.29 is 9.59 Å². The molecule has 0 saturated carbocycles. The Morgan fingerprint density at radius 3 is 2.58 bits per heavy atom. The van der Waals surface area contributed by atoms with Gasteiger partial charge in [-0.25, -0.2) is 0 Å². The van der Waals surface area contributed by atoms with Crippen LogP contribution in [0.4, 0.5) is 11.4 Å². The van der Waals surface area contributed by atoms with E-state index in [2.05, 4.69) is 15.5 Å². The summed E-state index contributed by atoms with van der Waals surface area (Å²) in [4.78, 5) is 26.8. The SMILES string of the molecule is O=C(CCN1CCC[C@@H]1C(=O)Nc1ccccc1)Nc1cccc(Cl)c1. The average Bonchev–Trinajstić information content (AvgIpc) is 3.09. The zero-order valence-electron chi connectivity index (χ0n) is 14.5. The number of nitrogens with zero attached hydrogens (tertiary/aromatic N) is 1. The maximum absolute atomic E-state index is 12.5. The van der Waals surface area contributed by atoms with Gasteiger partial charge in [0.2, 0.25) is 11.8 Å². The lowest BCUT2D eigenvalue weighted by atomic mass is 10.2.